The minimum absolute atomic E-state index is 0.134. The number of fused-ring (bicyclic) bond motifs is 3. The van der Waals surface area contributed by atoms with Crippen molar-refractivity contribution in [2.24, 2.45) is 0 Å². The van der Waals surface area contributed by atoms with Crippen molar-refractivity contribution < 1.29 is 13.9 Å². The maximum Gasteiger partial charge on any atom is 0.315 e. The molecule has 1 aromatic heterocycles. The van der Waals surface area contributed by atoms with Crippen LogP contribution in [-0.4, -0.2) is 24.3 Å². The van der Waals surface area contributed by atoms with Crippen LogP contribution in [0.5, 0.6) is 0 Å². The van der Waals surface area contributed by atoms with Crippen LogP contribution in [0.15, 0.2) is 24.3 Å². The highest BCUT2D eigenvalue weighted by Gasteiger charge is 2.41. The van der Waals surface area contributed by atoms with Crippen molar-refractivity contribution in [2.45, 2.75) is 44.1 Å². The number of thiophene rings is 1. The van der Waals surface area contributed by atoms with Gasteiger partial charge in [0.05, 0.1) is 24.8 Å². The Labute approximate surface area is 131 Å². The summed E-state index contributed by atoms with van der Waals surface area (Å²) in [6, 6.07) is 6.63. The fourth-order valence-corrected chi connectivity index (χ4v) is 4.32. The van der Waals surface area contributed by atoms with E-state index in [1.54, 1.807) is 17.4 Å². The van der Waals surface area contributed by atoms with E-state index in [0.717, 1.165) is 34.2 Å². The molecule has 0 saturated carbocycles. The first-order valence-corrected chi connectivity index (χ1v) is 8.37. The van der Waals surface area contributed by atoms with Crippen LogP contribution in [0.1, 0.15) is 24.1 Å². The van der Waals surface area contributed by atoms with Gasteiger partial charge in [-0.2, -0.15) is 0 Å². The van der Waals surface area contributed by atoms with Crippen LogP contribution < -0.4 is 10.6 Å². The smallest absolute Gasteiger partial charge is 0.315 e. The highest BCUT2D eigenvalue weighted by molar-refractivity contribution is 7.19. The Kier molecular flexibility index (Phi) is 3.50. The van der Waals surface area contributed by atoms with Crippen LogP contribution >= 0.6 is 11.3 Å². The molecule has 2 N–H and O–H groups in total. The minimum atomic E-state index is -0.237. The molecule has 4 nitrogen and oxygen atoms in total. The van der Waals surface area contributed by atoms with E-state index in [9.17, 15) is 9.18 Å². The molecule has 0 aliphatic carbocycles. The lowest BCUT2D eigenvalue weighted by Gasteiger charge is -2.20. The number of hydrogen-bond acceptors (Lipinski definition) is 3. The van der Waals surface area contributed by atoms with Crippen LogP contribution in [-0.2, 0) is 11.3 Å². The second kappa shape index (κ2) is 5.52. The van der Waals surface area contributed by atoms with Crippen molar-refractivity contribution in [1.29, 1.82) is 0 Å². The molecule has 2 aliphatic rings. The van der Waals surface area contributed by atoms with Gasteiger partial charge in [0.1, 0.15) is 5.82 Å². The highest BCUT2D eigenvalue weighted by Crippen LogP contribution is 2.34. The minimum Gasteiger partial charge on any atom is -0.373 e. The van der Waals surface area contributed by atoms with Gasteiger partial charge in [-0.05, 0) is 48.9 Å². The number of rotatable bonds is 3. The fraction of sp³-hybridized carbons (Fsp3) is 0.438. The van der Waals surface area contributed by atoms with Gasteiger partial charge in [0.25, 0.3) is 0 Å². The summed E-state index contributed by atoms with van der Waals surface area (Å²) in [7, 11) is 0. The summed E-state index contributed by atoms with van der Waals surface area (Å²) < 4.78 is 19.9. The fourth-order valence-electron chi connectivity index (χ4n) is 3.33. The Morgan fingerprint density at radius 3 is 3.05 bits per heavy atom. The zero-order valence-electron chi connectivity index (χ0n) is 12.0. The van der Waals surface area contributed by atoms with Crippen LogP contribution in [0.25, 0.3) is 10.1 Å². The van der Waals surface area contributed by atoms with E-state index in [1.807, 2.05) is 6.07 Å². The van der Waals surface area contributed by atoms with Gasteiger partial charge in [0.2, 0.25) is 0 Å². The topological polar surface area (TPSA) is 50.4 Å². The van der Waals surface area contributed by atoms with Gasteiger partial charge in [0.15, 0.2) is 0 Å². The average molecular weight is 320 g/mol. The lowest BCUT2D eigenvalue weighted by atomic mass is 9.96. The SMILES string of the molecule is O=C(NCc1cc2cc(F)ccc2s1)N[C@@H]1C[C@H]2CC[C@H]1O2. The molecule has 0 spiro atoms. The van der Waals surface area contributed by atoms with Crippen LogP contribution in [0, 0.1) is 5.82 Å². The molecule has 2 fully saturated rings. The van der Waals surface area contributed by atoms with Gasteiger partial charge in [0, 0.05) is 9.58 Å². The zero-order valence-corrected chi connectivity index (χ0v) is 12.8. The molecule has 22 heavy (non-hydrogen) atoms. The van der Waals surface area contributed by atoms with Crippen molar-refractivity contribution >= 4 is 27.5 Å². The number of carbonyl (C=O) groups is 1. The van der Waals surface area contributed by atoms with Gasteiger partial charge < -0.3 is 15.4 Å². The maximum atomic E-state index is 13.2. The van der Waals surface area contributed by atoms with Crippen molar-refractivity contribution in [3.8, 4) is 0 Å². The van der Waals surface area contributed by atoms with E-state index in [-0.39, 0.29) is 24.0 Å². The Balaban J connectivity index is 1.34. The third-order valence-corrected chi connectivity index (χ3v) is 5.49. The highest BCUT2D eigenvalue weighted by atomic mass is 32.1. The normalized spacial score (nSPS) is 26.5. The molecule has 2 bridgehead atoms. The molecular weight excluding hydrogens is 303 g/mol. The quantitative estimate of drug-likeness (QED) is 0.913. The first-order chi connectivity index (χ1) is 10.7. The number of hydrogen-bond donors (Lipinski definition) is 2. The Hall–Kier alpha value is -1.66. The number of carbonyl (C=O) groups excluding carboxylic acids is 1. The molecule has 3 atom stereocenters. The predicted octanol–water partition coefficient (Wildman–Crippen LogP) is 3.16. The van der Waals surface area contributed by atoms with Crippen molar-refractivity contribution in [2.75, 3.05) is 0 Å². The lowest BCUT2D eigenvalue weighted by Crippen LogP contribution is -2.46. The number of nitrogens with one attached hydrogen (secondary N) is 2. The molecule has 2 saturated heterocycles. The standard InChI is InChI=1S/C16H17FN2O2S/c17-10-1-4-15-9(5-10)6-12(22-15)8-18-16(20)19-13-7-11-2-3-14(13)21-11/h1,4-6,11,13-14H,2-3,7-8H2,(H2,18,19,20)/t11-,13-,14-/m1/s1. The van der Waals surface area contributed by atoms with E-state index in [2.05, 4.69) is 10.6 Å². The number of ether oxygens (including phenoxy) is 1. The van der Waals surface area contributed by atoms with Crippen LogP contribution in [0.2, 0.25) is 0 Å². The maximum absolute atomic E-state index is 13.2. The summed E-state index contributed by atoms with van der Waals surface area (Å²) in [5.41, 5.74) is 0. The van der Waals surface area contributed by atoms with E-state index in [1.165, 1.54) is 12.1 Å². The summed E-state index contributed by atoms with van der Waals surface area (Å²) in [6.45, 7) is 0.453. The molecule has 0 unspecified atom stereocenters. The van der Waals surface area contributed by atoms with Crippen LogP contribution in [0.4, 0.5) is 9.18 Å². The molecule has 2 aromatic rings. The van der Waals surface area contributed by atoms with Gasteiger partial charge in [-0.3, -0.25) is 0 Å². The second-order valence-corrected chi connectivity index (χ2v) is 7.11. The van der Waals surface area contributed by atoms with E-state index < -0.39 is 0 Å². The summed E-state index contributed by atoms with van der Waals surface area (Å²) in [4.78, 5) is 13.0. The number of halogens is 1. The predicted molar refractivity (Wildman–Crippen MR) is 83.5 cm³/mol. The largest absolute Gasteiger partial charge is 0.373 e. The monoisotopic (exact) mass is 320 g/mol. The zero-order chi connectivity index (χ0) is 15.1. The first-order valence-electron chi connectivity index (χ1n) is 7.55. The average Bonchev–Trinajstić information content (AvgIpc) is 3.18. The van der Waals surface area contributed by atoms with Gasteiger partial charge >= 0.3 is 6.03 Å². The van der Waals surface area contributed by atoms with Crippen molar-refractivity contribution in [1.82, 2.24) is 10.6 Å². The van der Waals surface area contributed by atoms with E-state index in [0.29, 0.717) is 12.6 Å². The summed E-state index contributed by atoms with van der Waals surface area (Å²) in [5.74, 6) is -0.237. The second-order valence-electron chi connectivity index (χ2n) is 5.94. The molecule has 0 radical (unpaired) electrons. The molecular formula is C16H17FN2O2S. The van der Waals surface area contributed by atoms with Gasteiger partial charge in [-0.15, -0.1) is 11.3 Å². The molecule has 116 valence electrons. The summed E-state index contributed by atoms with van der Waals surface area (Å²) in [6.07, 6.45) is 3.58. The molecule has 6 heteroatoms. The van der Waals surface area contributed by atoms with Crippen LogP contribution in [0.3, 0.4) is 0 Å². The third-order valence-electron chi connectivity index (χ3n) is 4.38. The molecule has 4 rings (SSSR count). The molecule has 2 aliphatic heterocycles. The number of benzene rings is 1. The molecule has 3 heterocycles. The lowest BCUT2D eigenvalue weighted by molar-refractivity contribution is 0.0981. The Morgan fingerprint density at radius 1 is 1.36 bits per heavy atom. The summed E-state index contributed by atoms with van der Waals surface area (Å²) in [5, 5.41) is 6.74. The van der Waals surface area contributed by atoms with E-state index in [4.69, 9.17) is 4.74 Å². The summed E-state index contributed by atoms with van der Waals surface area (Å²) >= 11 is 1.57. The van der Waals surface area contributed by atoms with Gasteiger partial charge in [-0.25, -0.2) is 9.18 Å². The Bertz CT molecular complexity index is 717. The van der Waals surface area contributed by atoms with E-state index >= 15 is 0 Å². The number of amides is 2. The Morgan fingerprint density at radius 2 is 2.27 bits per heavy atom. The first kappa shape index (κ1) is 14.0. The molecule has 1 aromatic carbocycles. The van der Waals surface area contributed by atoms with Gasteiger partial charge in [-0.1, -0.05) is 0 Å². The third kappa shape index (κ3) is 2.68. The number of urea groups is 1. The van der Waals surface area contributed by atoms with Crippen molar-refractivity contribution in [3.05, 3.63) is 35.0 Å². The molecule has 2 amide bonds. The van der Waals surface area contributed by atoms with Crippen molar-refractivity contribution in [3.63, 3.8) is 0 Å².